The number of amides is 3. The predicted octanol–water partition coefficient (Wildman–Crippen LogP) is 4.53. The van der Waals surface area contributed by atoms with E-state index >= 15 is 0 Å². The third kappa shape index (κ3) is 5.47. The van der Waals surface area contributed by atoms with Gasteiger partial charge in [0, 0.05) is 35.9 Å². The zero-order valence-electron chi connectivity index (χ0n) is 15.4. The van der Waals surface area contributed by atoms with Gasteiger partial charge in [-0.25, -0.2) is 4.79 Å². The SMILES string of the molecule is CC1CCN(C(=O)c2ccc(NC(=O)NCc3ccc(Cl)cc3)cc2)CC1. The second-order valence-electron chi connectivity index (χ2n) is 6.99. The van der Waals surface area contributed by atoms with Crippen LogP contribution in [-0.2, 0) is 6.54 Å². The summed E-state index contributed by atoms with van der Waals surface area (Å²) in [6.07, 6.45) is 2.11. The van der Waals surface area contributed by atoms with Gasteiger partial charge < -0.3 is 15.5 Å². The molecule has 0 bridgehead atoms. The van der Waals surface area contributed by atoms with Crippen molar-refractivity contribution in [2.24, 2.45) is 5.92 Å². The fourth-order valence-corrected chi connectivity index (χ4v) is 3.18. The maximum atomic E-state index is 12.5. The number of nitrogens with one attached hydrogen (secondary N) is 2. The van der Waals surface area contributed by atoms with Crippen molar-refractivity contribution >= 4 is 29.2 Å². The molecule has 27 heavy (non-hydrogen) atoms. The van der Waals surface area contributed by atoms with Crippen LogP contribution in [0.2, 0.25) is 5.02 Å². The van der Waals surface area contributed by atoms with Gasteiger partial charge in [-0.1, -0.05) is 30.7 Å². The van der Waals surface area contributed by atoms with Crippen LogP contribution in [0.3, 0.4) is 0 Å². The summed E-state index contributed by atoms with van der Waals surface area (Å²) in [6.45, 7) is 4.26. The number of hydrogen-bond acceptors (Lipinski definition) is 2. The van der Waals surface area contributed by atoms with Crippen molar-refractivity contribution in [2.45, 2.75) is 26.3 Å². The molecule has 6 heteroatoms. The lowest BCUT2D eigenvalue weighted by Crippen LogP contribution is -2.37. The molecule has 0 unspecified atom stereocenters. The first-order valence-electron chi connectivity index (χ1n) is 9.20. The van der Waals surface area contributed by atoms with Gasteiger partial charge >= 0.3 is 6.03 Å². The molecule has 0 saturated carbocycles. The number of carbonyl (C=O) groups excluding carboxylic acids is 2. The lowest BCUT2D eigenvalue weighted by molar-refractivity contribution is 0.0697. The van der Waals surface area contributed by atoms with E-state index in [1.165, 1.54) is 0 Å². The van der Waals surface area contributed by atoms with Crippen molar-refractivity contribution in [3.8, 4) is 0 Å². The number of halogens is 1. The summed E-state index contributed by atoms with van der Waals surface area (Å²) >= 11 is 5.85. The molecular formula is C21H24ClN3O2. The molecule has 0 aliphatic carbocycles. The Morgan fingerprint density at radius 1 is 1.04 bits per heavy atom. The van der Waals surface area contributed by atoms with Crippen LogP contribution < -0.4 is 10.6 Å². The molecule has 2 N–H and O–H groups in total. The molecule has 0 spiro atoms. The zero-order valence-corrected chi connectivity index (χ0v) is 16.1. The molecule has 2 aromatic rings. The smallest absolute Gasteiger partial charge is 0.319 e. The van der Waals surface area contributed by atoms with E-state index in [-0.39, 0.29) is 11.9 Å². The topological polar surface area (TPSA) is 61.4 Å². The highest BCUT2D eigenvalue weighted by molar-refractivity contribution is 6.30. The fraction of sp³-hybridized carbons (Fsp3) is 0.333. The molecule has 142 valence electrons. The summed E-state index contributed by atoms with van der Waals surface area (Å²) in [5, 5.41) is 6.23. The van der Waals surface area contributed by atoms with Crippen LogP contribution in [-0.4, -0.2) is 29.9 Å². The maximum Gasteiger partial charge on any atom is 0.319 e. The van der Waals surface area contributed by atoms with Crippen LogP contribution in [0.25, 0.3) is 0 Å². The summed E-state index contributed by atoms with van der Waals surface area (Å²) in [5.41, 5.74) is 2.26. The van der Waals surface area contributed by atoms with Gasteiger partial charge in [-0.3, -0.25) is 4.79 Å². The molecule has 0 radical (unpaired) electrons. The molecule has 3 rings (SSSR count). The Hall–Kier alpha value is -2.53. The average molecular weight is 386 g/mol. The number of benzene rings is 2. The van der Waals surface area contributed by atoms with Gasteiger partial charge in [-0.15, -0.1) is 0 Å². The highest BCUT2D eigenvalue weighted by Crippen LogP contribution is 2.19. The number of hydrogen-bond donors (Lipinski definition) is 2. The van der Waals surface area contributed by atoms with Crippen LogP contribution in [0.5, 0.6) is 0 Å². The van der Waals surface area contributed by atoms with Gasteiger partial charge in [0.25, 0.3) is 5.91 Å². The minimum absolute atomic E-state index is 0.0561. The largest absolute Gasteiger partial charge is 0.339 e. The fourth-order valence-electron chi connectivity index (χ4n) is 3.05. The summed E-state index contributed by atoms with van der Waals surface area (Å²) in [5.74, 6) is 0.743. The van der Waals surface area contributed by atoms with Gasteiger partial charge in [0.2, 0.25) is 0 Å². The van der Waals surface area contributed by atoms with E-state index in [9.17, 15) is 9.59 Å². The molecule has 1 aliphatic heterocycles. The van der Waals surface area contributed by atoms with E-state index < -0.39 is 0 Å². The standard InChI is InChI=1S/C21H24ClN3O2/c1-15-10-12-25(13-11-15)20(26)17-4-8-19(9-5-17)24-21(27)23-14-16-2-6-18(22)7-3-16/h2-9,15H,10-14H2,1H3,(H2,23,24,27). The first kappa shape index (κ1) is 19.2. The Morgan fingerprint density at radius 2 is 1.67 bits per heavy atom. The van der Waals surface area contributed by atoms with Crippen molar-refractivity contribution in [3.63, 3.8) is 0 Å². The van der Waals surface area contributed by atoms with E-state index in [0.717, 1.165) is 31.5 Å². The van der Waals surface area contributed by atoms with Crippen molar-refractivity contribution in [1.82, 2.24) is 10.2 Å². The summed E-state index contributed by atoms with van der Waals surface area (Å²) in [6, 6.07) is 14.0. The Labute approximate surface area is 164 Å². The molecule has 5 nitrogen and oxygen atoms in total. The molecule has 3 amide bonds. The normalized spacial score (nSPS) is 14.7. The lowest BCUT2D eigenvalue weighted by atomic mass is 9.98. The number of rotatable bonds is 4. The van der Waals surface area contributed by atoms with Gasteiger partial charge in [-0.05, 0) is 60.7 Å². The lowest BCUT2D eigenvalue weighted by Gasteiger charge is -2.30. The first-order chi connectivity index (χ1) is 13.0. The predicted molar refractivity (Wildman–Crippen MR) is 108 cm³/mol. The molecule has 0 aromatic heterocycles. The Bertz CT molecular complexity index is 782. The van der Waals surface area contributed by atoms with Crippen molar-refractivity contribution in [1.29, 1.82) is 0 Å². The third-order valence-corrected chi connectivity index (χ3v) is 5.08. The maximum absolute atomic E-state index is 12.5. The number of likely N-dealkylation sites (tertiary alicyclic amines) is 1. The average Bonchev–Trinajstić information content (AvgIpc) is 2.68. The second kappa shape index (κ2) is 8.91. The number of urea groups is 1. The highest BCUT2D eigenvalue weighted by atomic mass is 35.5. The number of carbonyl (C=O) groups is 2. The van der Waals surface area contributed by atoms with E-state index in [1.54, 1.807) is 36.4 Å². The monoisotopic (exact) mass is 385 g/mol. The summed E-state index contributed by atoms with van der Waals surface area (Å²) in [4.78, 5) is 26.5. The quantitative estimate of drug-likeness (QED) is 0.811. The van der Waals surface area contributed by atoms with Crippen molar-refractivity contribution in [3.05, 3.63) is 64.7 Å². The number of anilines is 1. The minimum Gasteiger partial charge on any atom is -0.339 e. The summed E-state index contributed by atoms with van der Waals surface area (Å²) < 4.78 is 0. The highest BCUT2D eigenvalue weighted by Gasteiger charge is 2.21. The van der Waals surface area contributed by atoms with E-state index in [1.807, 2.05) is 17.0 Å². The van der Waals surface area contributed by atoms with Crippen LogP contribution in [0.1, 0.15) is 35.7 Å². The Kier molecular flexibility index (Phi) is 6.35. The summed E-state index contributed by atoms with van der Waals surface area (Å²) in [7, 11) is 0. The van der Waals surface area contributed by atoms with E-state index in [0.29, 0.717) is 28.7 Å². The van der Waals surface area contributed by atoms with Gasteiger partial charge in [0.15, 0.2) is 0 Å². The second-order valence-corrected chi connectivity index (χ2v) is 7.42. The van der Waals surface area contributed by atoms with Gasteiger partial charge in [0.1, 0.15) is 0 Å². The molecule has 1 aliphatic rings. The van der Waals surface area contributed by atoms with Gasteiger partial charge in [-0.2, -0.15) is 0 Å². The van der Waals surface area contributed by atoms with E-state index in [2.05, 4.69) is 17.6 Å². The minimum atomic E-state index is -0.297. The van der Waals surface area contributed by atoms with Gasteiger partial charge in [0.05, 0.1) is 0 Å². The van der Waals surface area contributed by atoms with Crippen molar-refractivity contribution < 1.29 is 9.59 Å². The zero-order chi connectivity index (χ0) is 19.2. The Morgan fingerprint density at radius 3 is 2.30 bits per heavy atom. The molecule has 2 aromatic carbocycles. The van der Waals surface area contributed by atoms with Crippen molar-refractivity contribution in [2.75, 3.05) is 18.4 Å². The molecule has 1 fully saturated rings. The Balaban J connectivity index is 1.50. The molecule has 0 atom stereocenters. The van der Waals surface area contributed by atoms with Crippen LogP contribution in [0, 0.1) is 5.92 Å². The number of piperidine rings is 1. The van der Waals surface area contributed by atoms with Crippen LogP contribution in [0.15, 0.2) is 48.5 Å². The number of nitrogens with zero attached hydrogens (tertiary/aromatic N) is 1. The van der Waals surface area contributed by atoms with Crippen LogP contribution >= 0.6 is 11.6 Å². The third-order valence-electron chi connectivity index (χ3n) is 4.83. The van der Waals surface area contributed by atoms with Crippen LogP contribution in [0.4, 0.5) is 10.5 Å². The molecule has 1 heterocycles. The molecular weight excluding hydrogens is 362 g/mol. The molecule has 1 saturated heterocycles. The first-order valence-corrected chi connectivity index (χ1v) is 9.57. The van der Waals surface area contributed by atoms with E-state index in [4.69, 9.17) is 11.6 Å².